The fourth-order valence-electron chi connectivity index (χ4n) is 4.55. The van der Waals surface area contributed by atoms with Gasteiger partial charge in [-0.05, 0) is 33.1 Å². The second-order valence-corrected chi connectivity index (χ2v) is 8.28. The quantitative estimate of drug-likeness (QED) is 0.541. The van der Waals surface area contributed by atoms with E-state index < -0.39 is 0 Å². The Morgan fingerprint density at radius 1 is 1.15 bits per heavy atom. The number of likely N-dealkylation sites (tertiary alicyclic amines) is 2. The molecule has 0 aromatic rings. The smallest absolute Gasteiger partial charge is 0.0948 e. The molecule has 0 aromatic heterocycles. The lowest BCUT2D eigenvalue weighted by atomic mass is 9.91. The van der Waals surface area contributed by atoms with E-state index in [1.165, 1.54) is 81.9 Å². The van der Waals surface area contributed by atoms with Gasteiger partial charge in [-0.1, -0.05) is 6.42 Å². The first-order valence-electron chi connectivity index (χ1n) is 9.13. The molecule has 1 N–H and O–H groups in total. The van der Waals surface area contributed by atoms with Crippen molar-refractivity contribution in [1.82, 2.24) is 0 Å². The van der Waals surface area contributed by atoms with Crippen LogP contribution in [0.3, 0.4) is 0 Å². The van der Waals surface area contributed by atoms with Crippen molar-refractivity contribution in [3.8, 4) is 0 Å². The van der Waals surface area contributed by atoms with E-state index in [0.29, 0.717) is 5.54 Å². The number of hydrogen-bond donors (Lipinski definition) is 1. The summed E-state index contributed by atoms with van der Waals surface area (Å²) in [7, 11) is 4.88. The van der Waals surface area contributed by atoms with Crippen LogP contribution in [-0.2, 0) is 0 Å². The summed E-state index contributed by atoms with van der Waals surface area (Å²) >= 11 is 0. The van der Waals surface area contributed by atoms with E-state index in [1.807, 2.05) is 0 Å². The van der Waals surface area contributed by atoms with E-state index in [2.05, 4.69) is 27.9 Å². The molecule has 0 saturated carbocycles. The van der Waals surface area contributed by atoms with Crippen LogP contribution in [0.1, 0.15) is 71.6 Å². The monoisotopic (exact) mass is 282 g/mol. The molecule has 2 aliphatic heterocycles. The zero-order valence-corrected chi connectivity index (χ0v) is 14.5. The third-order valence-corrected chi connectivity index (χ3v) is 6.81. The summed E-state index contributed by atoms with van der Waals surface area (Å²) in [5.41, 5.74) is 0.599. The highest BCUT2D eigenvalue weighted by Crippen LogP contribution is 2.25. The van der Waals surface area contributed by atoms with Gasteiger partial charge < -0.3 is 9.38 Å². The third-order valence-electron chi connectivity index (χ3n) is 6.81. The normalized spacial score (nSPS) is 41.4. The van der Waals surface area contributed by atoms with Crippen molar-refractivity contribution in [3.63, 3.8) is 0 Å². The van der Waals surface area contributed by atoms with Crippen molar-refractivity contribution in [1.29, 1.82) is 0 Å². The molecule has 20 heavy (non-hydrogen) atoms. The van der Waals surface area contributed by atoms with Crippen molar-refractivity contribution >= 4 is 0 Å². The molecule has 0 aliphatic carbocycles. The first-order valence-corrected chi connectivity index (χ1v) is 9.13. The predicted molar refractivity (Wildman–Crippen MR) is 87.1 cm³/mol. The van der Waals surface area contributed by atoms with Gasteiger partial charge in [-0.25, -0.2) is 0 Å². The van der Waals surface area contributed by atoms with Crippen molar-refractivity contribution in [2.75, 3.05) is 33.7 Å². The van der Waals surface area contributed by atoms with Gasteiger partial charge in [-0.2, -0.15) is 0 Å². The molecule has 0 radical (unpaired) electrons. The average molecular weight is 283 g/mol. The summed E-state index contributed by atoms with van der Waals surface area (Å²) in [6.45, 7) is 9.20. The van der Waals surface area contributed by atoms with Gasteiger partial charge in [0.05, 0.1) is 45.3 Å². The van der Waals surface area contributed by atoms with E-state index in [9.17, 15) is 0 Å². The molecule has 2 heterocycles. The van der Waals surface area contributed by atoms with Crippen LogP contribution in [0.5, 0.6) is 0 Å². The van der Waals surface area contributed by atoms with E-state index in [1.54, 1.807) is 4.90 Å². The number of unbranched alkanes of at least 4 members (excludes halogenated alkanes) is 3. The van der Waals surface area contributed by atoms with Gasteiger partial charge in [0.15, 0.2) is 0 Å². The Balaban J connectivity index is 1.56. The largest absolute Gasteiger partial charge is 0.333 e. The van der Waals surface area contributed by atoms with Crippen LogP contribution in [0, 0.1) is 0 Å². The van der Waals surface area contributed by atoms with Crippen molar-refractivity contribution in [2.45, 2.75) is 83.2 Å². The van der Waals surface area contributed by atoms with E-state index in [4.69, 9.17) is 0 Å². The molecule has 2 heteroatoms. The summed E-state index contributed by atoms with van der Waals surface area (Å²) in [5.74, 6) is 0. The second kappa shape index (κ2) is 6.79. The lowest BCUT2D eigenvalue weighted by molar-refractivity contribution is -0.919. The molecule has 4 atom stereocenters. The third kappa shape index (κ3) is 3.76. The number of quaternary nitrogens is 2. The van der Waals surface area contributed by atoms with Crippen LogP contribution in [0.25, 0.3) is 0 Å². The van der Waals surface area contributed by atoms with Gasteiger partial charge in [0.1, 0.15) is 0 Å². The first kappa shape index (κ1) is 16.3. The molecule has 0 spiro atoms. The van der Waals surface area contributed by atoms with Gasteiger partial charge >= 0.3 is 0 Å². The van der Waals surface area contributed by atoms with Crippen molar-refractivity contribution in [2.24, 2.45) is 0 Å². The SMILES string of the molecule is CC1CCC[N+]1(C)CCCCCCC1(C)CCC[NH+]1C. The lowest BCUT2D eigenvalue weighted by Gasteiger charge is -2.34. The van der Waals surface area contributed by atoms with E-state index in [0.717, 1.165) is 6.04 Å². The van der Waals surface area contributed by atoms with Gasteiger partial charge in [-0.15, -0.1) is 0 Å². The van der Waals surface area contributed by atoms with E-state index >= 15 is 0 Å². The van der Waals surface area contributed by atoms with Gasteiger partial charge in [0.25, 0.3) is 0 Å². The van der Waals surface area contributed by atoms with Crippen LogP contribution >= 0.6 is 0 Å². The Hall–Kier alpha value is -0.0800. The van der Waals surface area contributed by atoms with Gasteiger partial charge in [0.2, 0.25) is 0 Å². The van der Waals surface area contributed by atoms with Crippen molar-refractivity contribution < 1.29 is 9.38 Å². The van der Waals surface area contributed by atoms with Crippen LogP contribution in [0.4, 0.5) is 0 Å². The fraction of sp³-hybridized carbons (Fsp3) is 1.00. The molecule has 0 bridgehead atoms. The maximum absolute atomic E-state index is 2.51. The highest BCUT2D eigenvalue weighted by molar-refractivity contribution is 4.76. The summed E-state index contributed by atoms with van der Waals surface area (Å²) in [6, 6.07) is 0.907. The average Bonchev–Trinajstić information content (AvgIpc) is 2.90. The zero-order chi connectivity index (χ0) is 14.6. The first-order chi connectivity index (χ1) is 9.46. The summed E-state index contributed by atoms with van der Waals surface area (Å²) in [6.07, 6.45) is 13.0. The number of rotatable bonds is 7. The Morgan fingerprint density at radius 2 is 1.90 bits per heavy atom. The minimum Gasteiger partial charge on any atom is -0.333 e. The number of hydrogen-bond acceptors (Lipinski definition) is 0. The minimum atomic E-state index is 0.599. The molecule has 2 rings (SSSR count). The molecule has 0 amide bonds. The predicted octanol–water partition coefficient (Wildman–Crippen LogP) is 2.63. The number of nitrogens with one attached hydrogen (secondary N) is 1. The molecule has 2 aliphatic rings. The van der Waals surface area contributed by atoms with Crippen molar-refractivity contribution in [3.05, 3.63) is 0 Å². The highest BCUT2D eigenvalue weighted by Gasteiger charge is 2.37. The molecule has 4 unspecified atom stereocenters. The Bertz CT molecular complexity index is 274. The van der Waals surface area contributed by atoms with Crippen LogP contribution in [0.15, 0.2) is 0 Å². The Labute approximate surface area is 127 Å². The fourth-order valence-corrected chi connectivity index (χ4v) is 4.55. The van der Waals surface area contributed by atoms with Gasteiger partial charge in [0, 0.05) is 32.1 Å². The molecule has 2 nitrogen and oxygen atoms in total. The summed E-state index contributed by atoms with van der Waals surface area (Å²) < 4.78 is 1.35. The van der Waals surface area contributed by atoms with Gasteiger partial charge in [-0.3, -0.25) is 0 Å². The van der Waals surface area contributed by atoms with E-state index in [-0.39, 0.29) is 0 Å². The Kier molecular flexibility index (Phi) is 5.53. The lowest BCUT2D eigenvalue weighted by Crippen LogP contribution is -3.14. The highest BCUT2D eigenvalue weighted by atomic mass is 15.4. The molecular weight excluding hydrogens is 244 g/mol. The molecule has 2 saturated heterocycles. The topological polar surface area (TPSA) is 4.44 Å². The van der Waals surface area contributed by atoms with Crippen LogP contribution in [0.2, 0.25) is 0 Å². The standard InChI is InChI=1S/C18H37N2/c1-17-11-9-16-20(17,4)15-8-6-5-7-12-18(2)13-10-14-19(18)3/h17H,5-16H2,1-4H3/q+1/p+1. The Morgan fingerprint density at radius 3 is 2.50 bits per heavy atom. The molecule has 118 valence electrons. The maximum atomic E-state index is 2.51. The molecule has 2 fully saturated rings. The summed E-state index contributed by atoms with van der Waals surface area (Å²) in [5, 5.41) is 0. The van der Waals surface area contributed by atoms with Crippen LogP contribution in [-0.4, -0.2) is 49.8 Å². The minimum absolute atomic E-state index is 0.599. The number of nitrogens with zero attached hydrogens (tertiary/aromatic N) is 1. The maximum Gasteiger partial charge on any atom is 0.0948 e. The molecular formula is C18H38N2+2. The second-order valence-electron chi connectivity index (χ2n) is 8.28. The summed E-state index contributed by atoms with van der Waals surface area (Å²) in [4.78, 5) is 1.78. The molecule has 0 aromatic carbocycles. The van der Waals surface area contributed by atoms with Crippen LogP contribution < -0.4 is 4.90 Å². The zero-order valence-electron chi connectivity index (χ0n) is 14.5.